The smallest absolute Gasteiger partial charge is 0.258 e. The van der Waals surface area contributed by atoms with E-state index in [-0.39, 0.29) is 24.3 Å². The third-order valence-corrected chi connectivity index (χ3v) is 3.44. The second-order valence-electron chi connectivity index (χ2n) is 6.15. The van der Waals surface area contributed by atoms with Gasteiger partial charge in [-0.2, -0.15) is 0 Å². The quantitative estimate of drug-likeness (QED) is 0.834. The minimum atomic E-state index is -0.336. The first-order chi connectivity index (χ1) is 11.9. The van der Waals surface area contributed by atoms with Gasteiger partial charge in [-0.15, -0.1) is 0 Å². The molecule has 1 heterocycles. The lowest BCUT2D eigenvalue weighted by molar-refractivity contribution is -0.117. The molecule has 0 aliphatic rings. The summed E-state index contributed by atoms with van der Waals surface area (Å²) in [6, 6.07) is 8.59. The van der Waals surface area contributed by atoms with Crippen molar-refractivity contribution in [3.63, 3.8) is 0 Å². The summed E-state index contributed by atoms with van der Waals surface area (Å²) in [7, 11) is 1.51. The molecule has 7 nitrogen and oxygen atoms in total. The van der Waals surface area contributed by atoms with Crippen molar-refractivity contribution in [2.45, 2.75) is 20.8 Å². The van der Waals surface area contributed by atoms with Gasteiger partial charge in [-0.05, 0) is 25.0 Å². The van der Waals surface area contributed by atoms with Crippen molar-refractivity contribution in [1.29, 1.82) is 0 Å². The molecule has 0 aliphatic heterocycles. The number of nitrogens with zero attached hydrogens (tertiary/aromatic N) is 2. The lowest BCUT2D eigenvalue weighted by Crippen LogP contribution is -2.40. The second kappa shape index (κ2) is 8.32. The Balaban J connectivity index is 2.14. The van der Waals surface area contributed by atoms with Gasteiger partial charge in [-0.3, -0.25) is 9.59 Å². The Bertz CT molecular complexity index is 739. The van der Waals surface area contributed by atoms with Crippen LogP contribution in [0.2, 0.25) is 0 Å². The van der Waals surface area contributed by atoms with Crippen LogP contribution in [0.15, 0.2) is 34.9 Å². The van der Waals surface area contributed by atoms with Crippen LogP contribution in [0.4, 0.5) is 5.82 Å². The van der Waals surface area contributed by atoms with Gasteiger partial charge < -0.3 is 19.5 Å². The molecule has 0 saturated carbocycles. The van der Waals surface area contributed by atoms with E-state index >= 15 is 0 Å². The number of aryl methyl sites for hydroxylation is 1. The summed E-state index contributed by atoms with van der Waals surface area (Å²) >= 11 is 0. The fourth-order valence-electron chi connectivity index (χ4n) is 2.43. The van der Waals surface area contributed by atoms with Gasteiger partial charge in [0.15, 0.2) is 5.82 Å². The molecule has 0 aliphatic carbocycles. The summed E-state index contributed by atoms with van der Waals surface area (Å²) in [5.74, 6) is 1.03. The minimum absolute atomic E-state index is 0.0824. The molecule has 0 atom stereocenters. The maximum atomic E-state index is 12.9. The number of ether oxygens (including phenoxy) is 1. The van der Waals surface area contributed by atoms with Gasteiger partial charge in [0, 0.05) is 12.6 Å². The number of hydrogen-bond donors (Lipinski definition) is 1. The molecule has 0 saturated heterocycles. The highest BCUT2D eigenvalue weighted by Crippen LogP contribution is 2.20. The summed E-state index contributed by atoms with van der Waals surface area (Å²) in [5, 5.41) is 6.36. The zero-order chi connectivity index (χ0) is 18.4. The molecule has 0 bridgehead atoms. The summed E-state index contributed by atoms with van der Waals surface area (Å²) < 4.78 is 10.2. The van der Waals surface area contributed by atoms with Crippen molar-refractivity contribution in [1.82, 2.24) is 10.1 Å². The van der Waals surface area contributed by atoms with Crippen LogP contribution in [-0.4, -0.2) is 42.1 Å². The highest BCUT2D eigenvalue weighted by Gasteiger charge is 2.22. The SMILES string of the molecule is COc1ccccc1C(=O)N(CC(=O)Nc1cc(C)on1)CC(C)C. The maximum absolute atomic E-state index is 12.9. The summed E-state index contributed by atoms with van der Waals surface area (Å²) in [6.07, 6.45) is 0. The third-order valence-electron chi connectivity index (χ3n) is 3.44. The second-order valence-corrected chi connectivity index (χ2v) is 6.15. The Morgan fingerprint density at radius 1 is 1.32 bits per heavy atom. The fourth-order valence-corrected chi connectivity index (χ4v) is 2.43. The van der Waals surface area contributed by atoms with E-state index < -0.39 is 0 Å². The summed E-state index contributed by atoms with van der Waals surface area (Å²) in [5.41, 5.74) is 0.427. The molecule has 0 spiro atoms. The fraction of sp³-hybridized carbons (Fsp3) is 0.389. The van der Waals surface area contributed by atoms with E-state index in [0.717, 1.165) is 0 Å². The lowest BCUT2D eigenvalue weighted by atomic mass is 10.1. The van der Waals surface area contributed by atoms with Gasteiger partial charge in [-0.25, -0.2) is 0 Å². The molecule has 7 heteroatoms. The van der Waals surface area contributed by atoms with E-state index in [4.69, 9.17) is 9.26 Å². The number of rotatable bonds is 7. The molecule has 2 rings (SSSR count). The molecule has 0 radical (unpaired) electrons. The minimum Gasteiger partial charge on any atom is -0.496 e. The number of hydrogen-bond acceptors (Lipinski definition) is 5. The number of nitrogens with one attached hydrogen (secondary N) is 1. The van der Waals surface area contributed by atoms with Gasteiger partial charge in [0.05, 0.1) is 12.7 Å². The molecule has 25 heavy (non-hydrogen) atoms. The van der Waals surface area contributed by atoms with E-state index in [1.54, 1.807) is 37.3 Å². The highest BCUT2D eigenvalue weighted by molar-refractivity contribution is 6.00. The van der Waals surface area contributed by atoms with Crippen molar-refractivity contribution >= 4 is 17.6 Å². The van der Waals surface area contributed by atoms with E-state index in [1.807, 2.05) is 13.8 Å². The van der Waals surface area contributed by atoms with Crippen molar-refractivity contribution in [3.05, 3.63) is 41.7 Å². The largest absolute Gasteiger partial charge is 0.496 e. The normalized spacial score (nSPS) is 10.6. The van der Waals surface area contributed by atoms with Crippen LogP contribution < -0.4 is 10.1 Å². The molecule has 2 aromatic rings. The first kappa shape index (κ1) is 18.5. The number of anilines is 1. The molecule has 0 fully saturated rings. The van der Waals surface area contributed by atoms with E-state index in [9.17, 15) is 9.59 Å². The first-order valence-electron chi connectivity index (χ1n) is 8.06. The first-order valence-corrected chi connectivity index (χ1v) is 8.06. The molecule has 0 unspecified atom stereocenters. The number of para-hydroxylation sites is 1. The average molecular weight is 345 g/mol. The molecular weight excluding hydrogens is 322 g/mol. The van der Waals surface area contributed by atoms with E-state index in [1.165, 1.54) is 12.0 Å². The van der Waals surface area contributed by atoms with Crippen LogP contribution in [0.1, 0.15) is 30.0 Å². The summed E-state index contributed by atoms with van der Waals surface area (Å²) in [6.45, 7) is 6.07. The molecule has 134 valence electrons. The van der Waals surface area contributed by atoms with Gasteiger partial charge in [0.25, 0.3) is 5.91 Å². The van der Waals surface area contributed by atoms with Gasteiger partial charge in [-0.1, -0.05) is 31.1 Å². The zero-order valence-electron chi connectivity index (χ0n) is 14.9. The van der Waals surface area contributed by atoms with Crippen LogP contribution in [-0.2, 0) is 4.79 Å². The predicted molar refractivity (Wildman–Crippen MR) is 93.6 cm³/mol. The maximum Gasteiger partial charge on any atom is 0.258 e. The molecule has 1 N–H and O–H groups in total. The van der Waals surface area contributed by atoms with E-state index in [2.05, 4.69) is 10.5 Å². The number of methoxy groups -OCH3 is 1. The topological polar surface area (TPSA) is 84.7 Å². The molecule has 2 amide bonds. The molecular formula is C18H23N3O4. The number of carbonyl (C=O) groups excluding carboxylic acids is 2. The van der Waals surface area contributed by atoms with Gasteiger partial charge >= 0.3 is 0 Å². The Hall–Kier alpha value is -2.83. The number of carbonyl (C=O) groups is 2. The number of aromatic nitrogens is 1. The van der Waals surface area contributed by atoms with Crippen molar-refractivity contribution in [2.75, 3.05) is 25.5 Å². The zero-order valence-corrected chi connectivity index (χ0v) is 14.9. The van der Waals surface area contributed by atoms with Gasteiger partial charge in [0.1, 0.15) is 18.1 Å². The number of benzene rings is 1. The average Bonchev–Trinajstić information content (AvgIpc) is 2.97. The van der Waals surface area contributed by atoms with Crippen molar-refractivity contribution in [3.8, 4) is 5.75 Å². The van der Waals surface area contributed by atoms with Gasteiger partial charge in [0.2, 0.25) is 5.91 Å². The van der Waals surface area contributed by atoms with Crippen LogP contribution in [0, 0.1) is 12.8 Å². The van der Waals surface area contributed by atoms with Crippen LogP contribution in [0.5, 0.6) is 5.75 Å². The van der Waals surface area contributed by atoms with Crippen LogP contribution in [0.25, 0.3) is 0 Å². The van der Waals surface area contributed by atoms with Crippen molar-refractivity contribution in [2.24, 2.45) is 5.92 Å². The Labute approximate surface area is 146 Å². The van der Waals surface area contributed by atoms with E-state index in [0.29, 0.717) is 29.4 Å². The van der Waals surface area contributed by atoms with Crippen LogP contribution >= 0.6 is 0 Å². The third kappa shape index (κ3) is 5.07. The Morgan fingerprint density at radius 2 is 2.04 bits per heavy atom. The van der Waals surface area contributed by atoms with Crippen molar-refractivity contribution < 1.29 is 18.8 Å². The Morgan fingerprint density at radius 3 is 2.64 bits per heavy atom. The Kier molecular flexibility index (Phi) is 6.16. The monoisotopic (exact) mass is 345 g/mol. The standard InChI is InChI=1S/C18H23N3O4/c1-12(2)10-21(11-17(22)19-16-9-13(3)25-20-16)18(23)14-7-5-6-8-15(14)24-4/h5-9,12H,10-11H2,1-4H3,(H,19,20,22). The molecule has 1 aromatic carbocycles. The molecule has 1 aromatic heterocycles. The van der Waals surface area contributed by atoms with Crippen LogP contribution in [0.3, 0.4) is 0 Å². The summed E-state index contributed by atoms with van der Waals surface area (Å²) in [4.78, 5) is 26.7. The lowest BCUT2D eigenvalue weighted by Gasteiger charge is -2.24. The highest BCUT2D eigenvalue weighted by atomic mass is 16.5. The predicted octanol–water partition coefficient (Wildman–Crippen LogP) is 2.73. The number of amides is 2.